The predicted octanol–water partition coefficient (Wildman–Crippen LogP) is 1.88. The minimum absolute atomic E-state index is 0.0251. The summed E-state index contributed by atoms with van der Waals surface area (Å²) in [6.07, 6.45) is 0.496. The van der Waals surface area contributed by atoms with Crippen LogP contribution in [0, 0.1) is 0 Å². The number of nitrogens with zero attached hydrogens (tertiary/aromatic N) is 3. The summed E-state index contributed by atoms with van der Waals surface area (Å²) in [4.78, 5) is 37.2. The number of H-pyrrole nitrogens is 2. The monoisotopic (exact) mass is 409 g/mol. The van der Waals surface area contributed by atoms with Gasteiger partial charge in [0.05, 0.1) is 10.0 Å². The van der Waals surface area contributed by atoms with Crippen LogP contribution in [-0.4, -0.2) is 25.0 Å². The van der Waals surface area contributed by atoms with Gasteiger partial charge < -0.3 is 4.74 Å². The molecule has 0 fully saturated rings. The van der Waals surface area contributed by atoms with Crippen LogP contribution in [0.25, 0.3) is 11.3 Å². The molecule has 0 saturated carbocycles. The maximum atomic E-state index is 12.0. The molecular weight excluding hydrogens is 397 g/mol. The van der Waals surface area contributed by atoms with Crippen molar-refractivity contribution < 1.29 is 4.74 Å². The lowest BCUT2D eigenvalue weighted by Crippen LogP contribution is -2.31. The first kappa shape index (κ1) is 18.9. The zero-order valence-electron chi connectivity index (χ0n) is 14.2. The average Bonchev–Trinajstić information content (AvgIpc) is 2.62. The molecule has 0 unspecified atom stereocenters. The molecule has 0 aliphatic rings. The molecule has 3 aromatic rings. The van der Waals surface area contributed by atoms with Crippen LogP contribution in [0.1, 0.15) is 12.5 Å². The Kier molecular flexibility index (Phi) is 5.15. The van der Waals surface area contributed by atoms with Gasteiger partial charge in [0, 0.05) is 24.2 Å². The molecular formula is C16H13Cl2N5O4. The summed E-state index contributed by atoms with van der Waals surface area (Å²) in [5, 5.41) is 10.2. The van der Waals surface area contributed by atoms with Gasteiger partial charge in [-0.2, -0.15) is 5.10 Å². The number of halogens is 2. The van der Waals surface area contributed by atoms with Gasteiger partial charge in [-0.3, -0.25) is 14.6 Å². The second-order valence-electron chi connectivity index (χ2n) is 5.52. The second kappa shape index (κ2) is 7.37. The van der Waals surface area contributed by atoms with Crippen LogP contribution >= 0.6 is 23.2 Å². The van der Waals surface area contributed by atoms with Crippen LogP contribution in [0.5, 0.6) is 11.6 Å². The first-order chi connectivity index (χ1) is 12.8. The van der Waals surface area contributed by atoms with E-state index in [-0.39, 0.29) is 32.9 Å². The highest BCUT2D eigenvalue weighted by atomic mass is 35.5. The molecule has 27 heavy (non-hydrogen) atoms. The topological polar surface area (TPSA) is 123 Å². The van der Waals surface area contributed by atoms with E-state index in [0.717, 1.165) is 4.68 Å². The Hall–Kier alpha value is -2.91. The van der Waals surface area contributed by atoms with E-state index in [4.69, 9.17) is 27.9 Å². The Bertz CT molecular complexity index is 1180. The Morgan fingerprint density at radius 3 is 2.41 bits per heavy atom. The number of nitrogens with one attached hydrogen (secondary N) is 2. The van der Waals surface area contributed by atoms with Crippen molar-refractivity contribution in [2.75, 3.05) is 0 Å². The lowest BCUT2D eigenvalue weighted by Gasteiger charge is -2.11. The Labute approximate surface area is 161 Å². The van der Waals surface area contributed by atoms with Crippen molar-refractivity contribution in [3.05, 3.63) is 65.0 Å². The third kappa shape index (κ3) is 3.79. The van der Waals surface area contributed by atoms with Gasteiger partial charge >= 0.3 is 5.69 Å². The first-order valence-electron chi connectivity index (χ1n) is 7.73. The molecule has 2 aromatic heterocycles. The number of ether oxygens (including phenoxy) is 1. The van der Waals surface area contributed by atoms with E-state index in [0.29, 0.717) is 17.5 Å². The van der Waals surface area contributed by atoms with Gasteiger partial charge in [-0.15, -0.1) is 5.10 Å². The maximum Gasteiger partial charge on any atom is 0.344 e. The highest BCUT2D eigenvalue weighted by molar-refractivity contribution is 6.37. The normalized spacial score (nSPS) is 10.8. The number of aromatic nitrogens is 5. The number of hydrogen-bond donors (Lipinski definition) is 2. The van der Waals surface area contributed by atoms with Crippen molar-refractivity contribution in [3.63, 3.8) is 0 Å². The Morgan fingerprint density at radius 2 is 1.78 bits per heavy atom. The van der Waals surface area contributed by atoms with E-state index in [2.05, 4.69) is 20.3 Å². The number of aryl methyl sites for hydroxylation is 2. The van der Waals surface area contributed by atoms with E-state index in [1.807, 2.05) is 6.92 Å². The summed E-state index contributed by atoms with van der Waals surface area (Å²) in [7, 11) is 1.40. The molecule has 3 rings (SSSR count). The van der Waals surface area contributed by atoms with Gasteiger partial charge in [0.1, 0.15) is 0 Å². The number of benzene rings is 1. The van der Waals surface area contributed by atoms with Gasteiger partial charge in [-0.1, -0.05) is 30.1 Å². The molecule has 2 heterocycles. The zero-order valence-corrected chi connectivity index (χ0v) is 15.7. The van der Waals surface area contributed by atoms with Crippen LogP contribution in [0.3, 0.4) is 0 Å². The number of hydrogen-bond acceptors (Lipinski definition) is 6. The molecule has 1 aromatic carbocycles. The minimum Gasteiger partial charge on any atom is -0.434 e. The van der Waals surface area contributed by atoms with Crippen molar-refractivity contribution >= 4 is 23.2 Å². The number of rotatable bonds is 4. The molecule has 0 atom stereocenters. The summed E-state index contributed by atoms with van der Waals surface area (Å²) in [5.41, 5.74) is -0.853. The summed E-state index contributed by atoms with van der Waals surface area (Å²) < 4.78 is 6.58. The molecule has 0 spiro atoms. The smallest absolute Gasteiger partial charge is 0.344 e. The van der Waals surface area contributed by atoms with Crippen LogP contribution in [0.4, 0.5) is 0 Å². The van der Waals surface area contributed by atoms with Crippen LogP contribution in [-0.2, 0) is 13.5 Å². The molecule has 9 nitrogen and oxygen atoms in total. The van der Waals surface area contributed by atoms with Crippen LogP contribution in [0.15, 0.2) is 32.6 Å². The summed E-state index contributed by atoms with van der Waals surface area (Å²) in [5.74, 6) is 0.214. The fourth-order valence-corrected chi connectivity index (χ4v) is 2.87. The molecule has 2 N–H and O–H groups in total. The predicted molar refractivity (Wildman–Crippen MR) is 99.9 cm³/mol. The average molecular weight is 410 g/mol. The van der Waals surface area contributed by atoms with Crippen LogP contribution in [0.2, 0.25) is 10.0 Å². The molecule has 140 valence electrons. The molecule has 0 radical (unpaired) electrons. The largest absolute Gasteiger partial charge is 0.434 e. The van der Waals surface area contributed by atoms with Crippen molar-refractivity contribution in [2.24, 2.45) is 7.05 Å². The van der Waals surface area contributed by atoms with E-state index in [1.54, 1.807) is 0 Å². The van der Waals surface area contributed by atoms with Crippen molar-refractivity contribution in [3.8, 4) is 22.9 Å². The van der Waals surface area contributed by atoms with Crippen molar-refractivity contribution in [1.82, 2.24) is 25.0 Å². The maximum absolute atomic E-state index is 12.0. The van der Waals surface area contributed by atoms with E-state index < -0.39 is 11.2 Å². The van der Waals surface area contributed by atoms with Gasteiger partial charge in [-0.25, -0.2) is 14.6 Å². The third-order valence-corrected chi connectivity index (χ3v) is 4.26. The van der Waals surface area contributed by atoms with Gasteiger partial charge in [0.2, 0.25) is 5.88 Å². The van der Waals surface area contributed by atoms with E-state index >= 15 is 0 Å². The third-order valence-electron chi connectivity index (χ3n) is 3.70. The summed E-state index contributed by atoms with van der Waals surface area (Å²) in [6.45, 7) is 1.82. The minimum atomic E-state index is -0.672. The van der Waals surface area contributed by atoms with Crippen molar-refractivity contribution in [1.29, 1.82) is 0 Å². The fraction of sp³-hybridized carbons (Fsp3) is 0.188. The van der Waals surface area contributed by atoms with Gasteiger partial charge in [0.15, 0.2) is 11.4 Å². The van der Waals surface area contributed by atoms with Crippen molar-refractivity contribution in [2.45, 2.75) is 13.3 Å². The lowest BCUT2D eigenvalue weighted by atomic mass is 10.1. The lowest BCUT2D eigenvalue weighted by molar-refractivity contribution is 0.453. The summed E-state index contributed by atoms with van der Waals surface area (Å²) in [6, 6.07) is 4.34. The fourth-order valence-electron chi connectivity index (χ4n) is 2.31. The highest BCUT2D eigenvalue weighted by Gasteiger charge is 2.16. The zero-order chi connectivity index (χ0) is 19.7. The SMILES string of the molecule is CCc1cc(Oc2c(Cl)cc(-c3nn(C)c(=O)[nH]c3=O)cc2Cl)n[nH]c1=O. The van der Waals surface area contributed by atoms with Crippen LogP contribution < -0.4 is 21.5 Å². The second-order valence-corrected chi connectivity index (χ2v) is 6.33. The van der Waals surface area contributed by atoms with Gasteiger partial charge in [-0.05, 0) is 18.6 Å². The number of aromatic amines is 2. The summed E-state index contributed by atoms with van der Waals surface area (Å²) >= 11 is 12.5. The quantitative estimate of drug-likeness (QED) is 0.677. The highest BCUT2D eigenvalue weighted by Crippen LogP contribution is 2.38. The molecule has 0 amide bonds. The van der Waals surface area contributed by atoms with Gasteiger partial charge in [0.25, 0.3) is 11.1 Å². The first-order valence-corrected chi connectivity index (χ1v) is 8.49. The standard InChI is InChI=1S/C16H13Cl2N5O4/c1-3-7-6-11(20-21-14(7)24)27-13-9(17)4-8(5-10(13)18)12-15(25)19-16(26)23(2)22-12/h4-6H,3H2,1-2H3,(H,21,24)(H,19,25,26). The molecule has 0 bridgehead atoms. The molecule has 11 heteroatoms. The Balaban J connectivity index is 2.04. The van der Waals surface area contributed by atoms with E-state index in [1.165, 1.54) is 25.2 Å². The Morgan fingerprint density at radius 1 is 1.11 bits per heavy atom. The molecule has 0 aliphatic carbocycles. The molecule has 0 aliphatic heterocycles. The van der Waals surface area contributed by atoms with E-state index in [9.17, 15) is 14.4 Å². The molecule has 0 saturated heterocycles.